The first-order valence-corrected chi connectivity index (χ1v) is 7.66. The van der Waals surface area contributed by atoms with E-state index >= 15 is 0 Å². The fourth-order valence-corrected chi connectivity index (χ4v) is 3.27. The lowest BCUT2D eigenvalue weighted by atomic mass is 10.1. The second-order valence-electron chi connectivity index (χ2n) is 4.95. The molecule has 0 unspecified atom stereocenters. The van der Waals surface area contributed by atoms with Crippen LogP contribution in [0, 0.1) is 0 Å². The molecule has 0 N–H and O–H groups in total. The Labute approximate surface area is 121 Å². The van der Waals surface area contributed by atoms with Crippen molar-refractivity contribution in [1.29, 1.82) is 0 Å². The van der Waals surface area contributed by atoms with Crippen molar-refractivity contribution in [3.63, 3.8) is 0 Å². The highest BCUT2D eigenvalue weighted by molar-refractivity contribution is 7.07. The number of amides is 1. The topological polar surface area (TPSA) is 49.6 Å². The molecule has 1 amide bonds. The van der Waals surface area contributed by atoms with Gasteiger partial charge in [0.25, 0.3) is 5.91 Å². The maximum Gasteiger partial charge on any atom is 0.276 e. The van der Waals surface area contributed by atoms with Gasteiger partial charge in [-0.05, 0) is 29.3 Å². The minimum Gasteiger partial charge on any atom is -0.364 e. The first-order valence-electron chi connectivity index (χ1n) is 6.71. The van der Waals surface area contributed by atoms with Gasteiger partial charge in [-0.15, -0.1) is 0 Å². The van der Waals surface area contributed by atoms with E-state index in [1.54, 1.807) is 17.4 Å². The zero-order chi connectivity index (χ0) is 13.9. The largest absolute Gasteiger partial charge is 0.364 e. The molecule has 3 rings (SSSR count). The van der Waals surface area contributed by atoms with E-state index in [9.17, 15) is 4.79 Å². The summed E-state index contributed by atoms with van der Waals surface area (Å²) in [6.45, 7) is 5.47. The van der Waals surface area contributed by atoms with E-state index in [1.165, 1.54) is 11.8 Å². The van der Waals surface area contributed by atoms with Crippen LogP contribution in [0.15, 0.2) is 33.7 Å². The van der Waals surface area contributed by atoms with E-state index in [1.807, 2.05) is 4.90 Å². The van der Waals surface area contributed by atoms with Gasteiger partial charge in [0, 0.05) is 38.3 Å². The molecular weight excluding hydrogens is 274 g/mol. The fourth-order valence-electron chi connectivity index (χ4n) is 2.52. The van der Waals surface area contributed by atoms with Crippen LogP contribution < -0.4 is 0 Å². The van der Waals surface area contributed by atoms with Crippen LogP contribution in [0.1, 0.15) is 29.0 Å². The number of carbonyl (C=O) groups is 1. The molecule has 2 aromatic heterocycles. The molecule has 5 nitrogen and oxygen atoms in total. The Bertz CT molecular complexity index is 545. The van der Waals surface area contributed by atoms with Crippen molar-refractivity contribution in [3.05, 3.63) is 40.4 Å². The second-order valence-corrected chi connectivity index (χ2v) is 5.73. The molecular formula is C14H17N3O2S. The van der Waals surface area contributed by atoms with Gasteiger partial charge in [-0.1, -0.05) is 5.16 Å². The quantitative estimate of drug-likeness (QED) is 0.870. The summed E-state index contributed by atoms with van der Waals surface area (Å²) in [5, 5.41) is 8.01. The molecule has 0 radical (unpaired) electrons. The maximum atomic E-state index is 12.2. The van der Waals surface area contributed by atoms with Crippen LogP contribution >= 0.6 is 11.3 Å². The van der Waals surface area contributed by atoms with Gasteiger partial charge in [-0.3, -0.25) is 9.69 Å². The summed E-state index contributed by atoms with van der Waals surface area (Å²) in [6.07, 6.45) is 1.43. The van der Waals surface area contributed by atoms with Crippen molar-refractivity contribution in [2.24, 2.45) is 0 Å². The summed E-state index contributed by atoms with van der Waals surface area (Å²) in [4.78, 5) is 16.4. The van der Waals surface area contributed by atoms with E-state index in [0.717, 1.165) is 26.2 Å². The van der Waals surface area contributed by atoms with Gasteiger partial charge in [0.2, 0.25) is 0 Å². The van der Waals surface area contributed by atoms with Crippen LogP contribution in [-0.4, -0.2) is 47.0 Å². The highest BCUT2D eigenvalue weighted by Gasteiger charge is 2.26. The second kappa shape index (κ2) is 5.76. The molecule has 0 spiro atoms. The number of thiophene rings is 1. The molecule has 20 heavy (non-hydrogen) atoms. The Balaban J connectivity index is 1.58. The van der Waals surface area contributed by atoms with Crippen LogP contribution in [0.3, 0.4) is 0 Å². The third-order valence-electron chi connectivity index (χ3n) is 3.83. The van der Waals surface area contributed by atoms with E-state index in [4.69, 9.17) is 4.52 Å². The smallest absolute Gasteiger partial charge is 0.276 e. The molecule has 0 saturated carbocycles. The third-order valence-corrected chi connectivity index (χ3v) is 4.53. The maximum absolute atomic E-state index is 12.2. The monoisotopic (exact) mass is 291 g/mol. The standard InChI is InChI=1S/C14H17N3O2S/c1-11(12-3-9-20-10-12)16-4-6-17(7-5-16)14(18)13-2-8-19-15-13/h2-3,8-11H,4-7H2,1H3/t11-/m0/s1. The van der Waals surface area contributed by atoms with Crippen molar-refractivity contribution >= 4 is 17.2 Å². The van der Waals surface area contributed by atoms with E-state index in [0.29, 0.717) is 11.7 Å². The molecule has 0 aromatic carbocycles. The van der Waals surface area contributed by atoms with Gasteiger partial charge >= 0.3 is 0 Å². The summed E-state index contributed by atoms with van der Waals surface area (Å²) < 4.78 is 4.73. The van der Waals surface area contributed by atoms with Gasteiger partial charge in [-0.2, -0.15) is 11.3 Å². The lowest BCUT2D eigenvalue weighted by Crippen LogP contribution is -2.49. The third kappa shape index (κ3) is 2.62. The molecule has 6 heteroatoms. The highest BCUT2D eigenvalue weighted by atomic mass is 32.1. The van der Waals surface area contributed by atoms with Crippen LogP contribution in [0.2, 0.25) is 0 Å². The Morgan fingerprint density at radius 1 is 1.35 bits per heavy atom. The van der Waals surface area contributed by atoms with Crippen molar-refractivity contribution < 1.29 is 9.32 Å². The molecule has 1 aliphatic rings. The van der Waals surface area contributed by atoms with Gasteiger partial charge in [0.05, 0.1) is 0 Å². The molecule has 1 saturated heterocycles. The van der Waals surface area contributed by atoms with Crippen LogP contribution in [-0.2, 0) is 0 Å². The number of rotatable bonds is 3. The molecule has 0 bridgehead atoms. The van der Waals surface area contributed by atoms with Gasteiger partial charge in [0.15, 0.2) is 5.69 Å². The molecule has 1 atom stereocenters. The van der Waals surface area contributed by atoms with Crippen LogP contribution in [0.5, 0.6) is 0 Å². The number of nitrogens with zero attached hydrogens (tertiary/aromatic N) is 3. The number of hydrogen-bond acceptors (Lipinski definition) is 5. The minimum atomic E-state index is -0.0402. The normalized spacial score (nSPS) is 18.1. The zero-order valence-electron chi connectivity index (χ0n) is 11.4. The van der Waals surface area contributed by atoms with E-state index in [-0.39, 0.29) is 5.91 Å². The van der Waals surface area contributed by atoms with Gasteiger partial charge < -0.3 is 9.42 Å². The molecule has 3 heterocycles. The van der Waals surface area contributed by atoms with Gasteiger partial charge in [-0.25, -0.2) is 0 Å². The van der Waals surface area contributed by atoms with Crippen LogP contribution in [0.25, 0.3) is 0 Å². The molecule has 0 aliphatic carbocycles. The average molecular weight is 291 g/mol. The first-order chi connectivity index (χ1) is 9.75. The Morgan fingerprint density at radius 2 is 2.15 bits per heavy atom. The number of hydrogen-bond donors (Lipinski definition) is 0. The molecule has 1 aliphatic heterocycles. The van der Waals surface area contributed by atoms with Crippen molar-refractivity contribution in [2.45, 2.75) is 13.0 Å². The van der Waals surface area contributed by atoms with Crippen molar-refractivity contribution in [1.82, 2.24) is 15.0 Å². The summed E-state index contributed by atoms with van der Waals surface area (Å²) in [6, 6.07) is 4.19. The van der Waals surface area contributed by atoms with Crippen molar-refractivity contribution in [3.8, 4) is 0 Å². The summed E-state index contributed by atoms with van der Waals surface area (Å²) >= 11 is 1.73. The van der Waals surface area contributed by atoms with Crippen LogP contribution in [0.4, 0.5) is 0 Å². The Hall–Kier alpha value is -1.66. The van der Waals surface area contributed by atoms with E-state index in [2.05, 4.69) is 33.8 Å². The number of carbonyl (C=O) groups excluding carboxylic acids is 1. The Kier molecular flexibility index (Phi) is 3.84. The average Bonchev–Trinajstić information content (AvgIpc) is 3.18. The summed E-state index contributed by atoms with van der Waals surface area (Å²) in [5.74, 6) is -0.0402. The minimum absolute atomic E-state index is 0.0402. The zero-order valence-corrected chi connectivity index (χ0v) is 12.2. The summed E-state index contributed by atoms with van der Waals surface area (Å²) in [7, 11) is 0. The summed E-state index contributed by atoms with van der Waals surface area (Å²) in [5.41, 5.74) is 1.75. The lowest BCUT2D eigenvalue weighted by Gasteiger charge is -2.37. The van der Waals surface area contributed by atoms with E-state index < -0.39 is 0 Å². The lowest BCUT2D eigenvalue weighted by molar-refractivity contribution is 0.0573. The highest BCUT2D eigenvalue weighted by Crippen LogP contribution is 2.23. The molecule has 106 valence electrons. The molecule has 1 fully saturated rings. The van der Waals surface area contributed by atoms with Crippen molar-refractivity contribution in [2.75, 3.05) is 26.2 Å². The fraction of sp³-hybridized carbons (Fsp3) is 0.429. The molecule has 2 aromatic rings. The predicted molar refractivity (Wildman–Crippen MR) is 76.7 cm³/mol. The SMILES string of the molecule is C[C@@H](c1ccsc1)N1CCN(C(=O)c2ccon2)CC1. The number of piperazine rings is 1. The first kappa shape index (κ1) is 13.3. The predicted octanol–water partition coefficient (Wildman–Crippen LogP) is 2.26. The Morgan fingerprint density at radius 3 is 2.75 bits per heavy atom. The number of aromatic nitrogens is 1. The van der Waals surface area contributed by atoms with Gasteiger partial charge in [0.1, 0.15) is 6.26 Å².